The van der Waals surface area contributed by atoms with E-state index in [0.29, 0.717) is 12.5 Å². The molecule has 4 nitrogen and oxygen atoms in total. The van der Waals surface area contributed by atoms with E-state index in [0.717, 1.165) is 28.4 Å². The maximum absolute atomic E-state index is 5.94. The van der Waals surface area contributed by atoms with Gasteiger partial charge in [-0.2, -0.15) is 0 Å². The summed E-state index contributed by atoms with van der Waals surface area (Å²) in [6.07, 6.45) is 0.787. The van der Waals surface area contributed by atoms with E-state index < -0.39 is 0 Å². The second kappa shape index (κ2) is 9.53. The quantitative estimate of drug-likeness (QED) is 0.428. The van der Waals surface area contributed by atoms with Crippen LogP contribution < -0.4 is 15.8 Å². The fraction of sp³-hybridized carbons (Fsp3) is 0.188. The van der Waals surface area contributed by atoms with Gasteiger partial charge in [0.15, 0.2) is 5.96 Å². The molecule has 0 bridgehead atoms. The Balaban J connectivity index is 0.00000242. The molecule has 0 saturated heterocycles. The Kier molecular flexibility index (Phi) is 8.05. The summed E-state index contributed by atoms with van der Waals surface area (Å²) in [5, 5.41) is 3.77. The van der Waals surface area contributed by atoms with Crippen LogP contribution >= 0.6 is 35.6 Å². The molecule has 0 unspecified atom stereocenters. The molecule has 0 aliphatic rings. The van der Waals surface area contributed by atoms with Gasteiger partial charge in [0.25, 0.3) is 0 Å². The summed E-state index contributed by atoms with van der Waals surface area (Å²) in [7, 11) is 1.62. The van der Waals surface area contributed by atoms with Gasteiger partial charge in [0.05, 0.1) is 12.8 Å². The highest BCUT2D eigenvalue weighted by Crippen LogP contribution is 2.22. The van der Waals surface area contributed by atoms with Gasteiger partial charge in [-0.15, -0.1) is 24.0 Å². The van der Waals surface area contributed by atoms with Crippen LogP contribution in [0.2, 0.25) is 5.02 Å². The Hall–Kier alpha value is -1.47. The van der Waals surface area contributed by atoms with Crippen LogP contribution in [0.3, 0.4) is 0 Å². The third-order valence-electron chi connectivity index (χ3n) is 2.94. The van der Waals surface area contributed by atoms with Crippen molar-refractivity contribution in [3.63, 3.8) is 0 Å². The van der Waals surface area contributed by atoms with Crippen LogP contribution in [0.5, 0.6) is 5.75 Å². The average molecular weight is 432 g/mol. The monoisotopic (exact) mass is 431 g/mol. The van der Waals surface area contributed by atoms with Crippen LogP contribution in [-0.4, -0.2) is 19.6 Å². The highest BCUT2D eigenvalue weighted by atomic mass is 127. The van der Waals surface area contributed by atoms with E-state index in [1.807, 2.05) is 48.5 Å². The number of para-hydroxylation sites is 2. The molecule has 0 fully saturated rings. The van der Waals surface area contributed by atoms with Gasteiger partial charge in [0.1, 0.15) is 5.75 Å². The van der Waals surface area contributed by atoms with E-state index in [-0.39, 0.29) is 24.0 Å². The number of anilines is 1. The molecule has 0 atom stereocenters. The summed E-state index contributed by atoms with van der Waals surface area (Å²) >= 11 is 5.94. The Morgan fingerprint density at radius 2 is 2.00 bits per heavy atom. The molecular weight excluding hydrogens is 413 g/mol. The van der Waals surface area contributed by atoms with Crippen LogP contribution in [0.4, 0.5) is 5.69 Å². The lowest BCUT2D eigenvalue weighted by atomic mass is 10.1. The maximum atomic E-state index is 5.94. The Morgan fingerprint density at radius 1 is 1.23 bits per heavy atom. The van der Waals surface area contributed by atoms with Crippen LogP contribution in [0.25, 0.3) is 0 Å². The van der Waals surface area contributed by atoms with Crippen molar-refractivity contribution >= 4 is 47.2 Å². The van der Waals surface area contributed by atoms with E-state index >= 15 is 0 Å². The summed E-state index contributed by atoms with van der Waals surface area (Å²) in [6, 6.07) is 15.3. The second-order valence-electron chi connectivity index (χ2n) is 4.47. The molecule has 118 valence electrons. The minimum absolute atomic E-state index is 0. The number of nitrogens with zero attached hydrogens (tertiary/aromatic N) is 1. The average Bonchev–Trinajstić information content (AvgIpc) is 2.48. The number of methoxy groups -OCH3 is 1. The van der Waals surface area contributed by atoms with Gasteiger partial charge in [-0.1, -0.05) is 35.9 Å². The van der Waals surface area contributed by atoms with Crippen molar-refractivity contribution in [1.29, 1.82) is 0 Å². The zero-order chi connectivity index (χ0) is 15.1. The Labute approximate surface area is 152 Å². The van der Waals surface area contributed by atoms with Crippen molar-refractivity contribution in [2.75, 3.05) is 19.0 Å². The summed E-state index contributed by atoms with van der Waals surface area (Å²) in [4.78, 5) is 4.30. The van der Waals surface area contributed by atoms with Crippen molar-refractivity contribution in [2.45, 2.75) is 6.42 Å². The summed E-state index contributed by atoms with van der Waals surface area (Å²) in [6.45, 7) is 0.592. The normalized spacial score (nSPS) is 10.7. The first-order valence-corrected chi connectivity index (χ1v) is 7.01. The number of halogens is 2. The first-order chi connectivity index (χ1) is 10.2. The first kappa shape index (κ1) is 18.6. The standard InChI is InChI=1S/C16H18ClN3O.HI/c1-21-15-8-3-2-7-14(15)20-16(18)19-10-9-12-5-4-6-13(17)11-12;/h2-8,11H,9-10H2,1H3,(H3,18,19,20);1H. The van der Waals surface area contributed by atoms with Crippen molar-refractivity contribution in [1.82, 2.24) is 0 Å². The number of aliphatic imine (C=N–C) groups is 1. The molecule has 0 aromatic heterocycles. The van der Waals surface area contributed by atoms with Crippen LogP contribution in [-0.2, 0) is 6.42 Å². The number of guanidine groups is 1. The summed E-state index contributed by atoms with van der Waals surface area (Å²) < 4.78 is 5.25. The number of ether oxygens (including phenoxy) is 1. The van der Waals surface area contributed by atoms with E-state index in [2.05, 4.69) is 10.3 Å². The van der Waals surface area contributed by atoms with Gasteiger partial charge in [0, 0.05) is 11.6 Å². The highest BCUT2D eigenvalue weighted by molar-refractivity contribution is 14.0. The SMILES string of the molecule is COc1ccccc1NC(N)=NCCc1cccc(Cl)c1.I. The molecule has 0 spiro atoms. The number of benzene rings is 2. The Bertz CT molecular complexity index is 634. The zero-order valence-electron chi connectivity index (χ0n) is 12.3. The summed E-state index contributed by atoms with van der Waals surface area (Å²) in [5.74, 6) is 1.09. The molecule has 2 aromatic rings. The molecule has 6 heteroatoms. The predicted molar refractivity (Wildman–Crippen MR) is 104 cm³/mol. The topological polar surface area (TPSA) is 59.6 Å². The molecule has 0 saturated carbocycles. The lowest BCUT2D eigenvalue weighted by Crippen LogP contribution is -2.23. The molecule has 0 amide bonds. The lowest BCUT2D eigenvalue weighted by molar-refractivity contribution is 0.417. The van der Waals surface area contributed by atoms with E-state index in [9.17, 15) is 0 Å². The number of hydrogen-bond acceptors (Lipinski definition) is 2. The third-order valence-corrected chi connectivity index (χ3v) is 3.18. The molecule has 0 aliphatic carbocycles. The molecule has 3 N–H and O–H groups in total. The van der Waals surface area contributed by atoms with E-state index in [4.69, 9.17) is 22.1 Å². The highest BCUT2D eigenvalue weighted by Gasteiger charge is 2.02. The van der Waals surface area contributed by atoms with Crippen LogP contribution in [0.15, 0.2) is 53.5 Å². The van der Waals surface area contributed by atoms with Crippen LogP contribution in [0, 0.1) is 0 Å². The van der Waals surface area contributed by atoms with E-state index in [1.165, 1.54) is 0 Å². The van der Waals surface area contributed by atoms with Gasteiger partial charge >= 0.3 is 0 Å². The van der Waals surface area contributed by atoms with Gasteiger partial charge in [-0.25, -0.2) is 0 Å². The van der Waals surface area contributed by atoms with Crippen LogP contribution in [0.1, 0.15) is 5.56 Å². The fourth-order valence-corrected chi connectivity index (χ4v) is 2.14. The molecule has 2 aromatic carbocycles. The largest absolute Gasteiger partial charge is 0.495 e. The number of rotatable bonds is 5. The molecule has 0 aliphatic heterocycles. The smallest absolute Gasteiger partial charge is 0.193 e. The molecule has 0 heterocycles. The van der Waals surface area contributed by atoms with Crippen molar-refractivity contribution in [2.24, 2.45) is 10.7 Å². The molecular formula is C16H19ClIN3O. The van der Waals surface area contributed by atoms with E-state index in [1.54, 1.807) is 7.11 Å². The maximum Gasteiger partial charge on any atom is 0.193 e. The zero-order valence-corrected chi connectivity index (χ0v) is 15.3. The minimum atomic E-state index is 0. The van der Waals surface area contributed by atoms with Crippen molar-refractivity contribution in [3.8, 4) is 5.75 Å². The van der Waals surface area contributed by atoms with Gasteiger partial charge in [0.2, 0.25) is 0 Å². The van der Waals surface area contributed by atoms with Gasteiger partial charge in [-0.05, 0) is 36.2 Å². The fourth-order valence-electron chi connectivity index (χ4n) is 1.92. The predicted octanol–water partition coefficient (Wildman–Crippen LogP) is 3.94. The number of nitrogens with two attached hydrogens (primary N) is 1. The lowest BCUT2D eigenvalue weighted by Gasteiger charge is -2.10. The van der Waals surface area contributed by atoms with Gasteiger partial charge in [-0.3, -0.25) is 4.99 Å². The number of nitrogens with one attached hydrogen (secondary N) is 1. The second-order valence-corrected chi connectivity index (χ2v) is 4.91. The summed E-state index contributed by atoms with van der Waals surface area (Å²) in [5.41, 5.74) is 7.81. The molecule has 2 rings (SSSR count). The molecule has 22 heavy (non-hydrogen) atoms. The minimum Gasteiger partial charge on any atom is -0.495 e. The van der Waals surface area contributed by atoms with Crippen molar-refractivity contribution < 1.29 is 4.74 Å². The first-order valence-electron chi connectivity index (χ1n) is 6.63. The Morgan fingerprint density at radius 3 is 2.73 bits per heavy atom. The number of hydrogen-bond donors (Lipinski definition) is 2. The molecule has 0 radical (unpaired) electrons. The van der Waals surface area contributed by atoms with Gasteiger partial charge < -0.3 is 15.8 Å². The van der Waals surface area contributed by atoms with Crippen molar-refractivity contribution in [3.05, 3.63) is 59.1 Å². The third kappa shape index (κ3) is 5.73.